The first-order valence-electron chi connectivity index (χ1n) is 0.965. The zero-order valence-electron chi connectivity index (χ0n) is 4.05. The molecule has 0 aliphatic heterocycles. The van der Waals surface area contributed by atoms with Crippen molar-refractivity contribution in [1.29, 1.82) is 0 Å². The van der Waals surface area contributed by atoms with Crippen LogP contribution in [0.3, 0.4) is 0 Å². The predicted octanol–water partition coefficient (Wildman–Crippen LogP) is -2.70. The third kappa shape index (κ3) is 2020. The number of phosphoric acid groups is 1. The summed E-state index contributed by atoms with van der Waals surface area (Å²) >= 11 is 1.06. The first kappa shape index (κ1) is 22.7. The summed E-state index contributed by atoms with van der Waals surface area (Å²) in [5, 5.41) is 0. The topological polar surface area (TPSA) is 158 Å². The first-order valence-corrected chi connectivity index (χ1v) is 3.10. The van der Waals surface area contributed by atoms with Crippen LogP contribution in [0, 0.1) is 0 Å². The summed E-state index contributed by atoms with van der Waals surface area (Å²) in [6, 6.07) is 0. The maximum absolute atomic E-state index is 8.88. The van der Waals surface area contributed by atoms with E-state index in [2.05, 4.69) is 0 Å². The SMILES string of the molecule is O.O.O=P(O)(O)O.[O]=[V]. The summed E-state index contributed by atoms with van der Waals surface area (Å²) < 4.78 is 17.1. The third-order valence-electron chi connectivity index (χ3n) is 0. The van der Waals surface area contributed by atoms with E-state index in [1.807, 2.05) is 0 Å². The minimum atomic E-state index is -4.64. The molecule has 0 rings (SSSR count). The molecule has 7 N–H and O–H groups in total. The van der Waals surface area contributed by atoms with Gasteiger partial charge < -0.3 is 25.6 Å². The van der Waals surface area contributed by atoms with Crippen molar-refractivity contribution >= 4 is 7.82 Å². The number of hydrogen-bond acceptors (Lipinski definition) is 2. The fourth-order valence-electron chi connectivity index (χ4n) is 0. The molecule has 0 aromatic carbocycles. The number of hydrogen-bond donors (Lipinski definition) is 3. The molecule has 0 fully saturated rings. The molecule has 0 atom stereocenters. The van der Waals surface area contributed by atoms with Crippen molar-refractivity contribution in [2.75, 3.05) is 0 Å². The molecule has 0 unspecified atom stereocenters. The molecule has 0 bridgehead atoms. The molecule has 0 saturated carbocycles. The molecular formula is H7O7PV. The Bertz CT molecular complexity index is 64.7. The first-order chi connectivity index (χ1) is 3.00. The summed E-state index contributed by atoms with van der Waals surface area (Å²) in [4.78, 5) is 21.6. The van der Waals surface area contributed by atoms with Gasteiger partial charge in [0.05, 0.1) is 0 Å². The van der Waals surface area contributed by atoms with Crippen molar-refractivity contribution in [2.24, 2.45) is 0 Å². The van der Waals surface area contributed by atoms with Gasteiger partial charge in [-0.05, 0) is 0 Å². The van der Waals surface area contributed by atoms with Crippen molar-refractivity contribution in [1.82, 2.24) is 0 Å². The van der Waals surface area contributed by atoms with Crippen molar-refractivity contribution < 1.29 is 51.2 Å². The molecule has 0 aromatic heterocycles. The Kier molecular flexibility index (Phi) is 28.4. The molecular weight excluding hydrogens is 194 g/mol. The van der Waals surface area contributed by atoms with Crippen LogP contribution in [-0.2, 0) is 25.6 Å². The second-order valence-electron chi connectivity index (χ2n) is 0.513. The van der Waals surface area contributed by atoms with Crippen LogP contribution >= 0.6 is 7.82 Å². The molecule has 59 valence electrons. The molecule has 9 heavy (non-hydrogen) atoms. The summed E-state index contributed by atoms with van der Waals surface area (Å²) in [7, 11) is -4.64. The molecule has 9 heteroatoms. The van der Waals surface area contributed by atoms with Crippen molar-refractivity contribution in [2.45, 2.75) is 0 Å². The Morgan fingerprint density at radius 3 is 1.00 bits per heavy atom. The van der Waals surface area contributed by atoms with E-state index in [9.17, 15) is 0 Å². The monoisotopic (exact) mass is 201 g/mol. The summed E-state index contributed by atoms with van der Waals surface area (Å²) in [6.07, 6.45) is 0. The van der Waals surface area contributed by atoms with Gasteiger partial charge in [-0.2, -0.15) is 0 Å². The number of rotatable bonds is 0. The van der Waals surface area contributed by atoms with E-state index in [1.54, 1.807) is 0 Å². The average Bonchev–Trinajstić information content (AvgIpc) is 1.36. The zero-order valence-corrected chi connectivity index (χ0v) is 6.34. The summed E-state index contributed by atoms with van der Waals surface area (Å²) in [6.45, 7) is 0. The van der Waals surface area contributed by atoms with Crippen molar-refractivity contribution in [3.8, 4) is 0 Å². The Hall–Kier alpha value is 0.414. The standard InChI is InChI=1S/H3O4P.2H2O.O.V/c1-5(2,3)4;;;;/h(H3,1,2,3,4);2*1H2;;. The fourth-order valence-corrected chi connectivity index (χ4v) is 0. The van der Waals surface area contributed by atoms with Crippen LogP contribution in [-0.4, -0.2) is 25.6 Å². The van der Waals surface area contributed by atoms with Gasteiger partial charge in [-0.15, -0.1) is 0 Å². The van der Waals surface area contributed by atoms with Gasteiger partial charge in [0.25, 0.3) is 0 Å². The van der Waals surface area contributed by atoms with E-state index in [0.717, 1.165) is 17.4 Å². The van der Waals surface area contributed by atoms with Gasteiger partial charge in [0.2, 0.25) is 0 Å². The van der Waals surface area contributed by atoms with E-state index >= 15 is 0 Å². The molecule has 0 spiro atoms. The van der Waals surface area contributed by atoms with Crippen LogP contribution in [0.15, 0.2) is 0 Å². The van der Waals surface area contributed by atoms with Crippen LogP contribution in [0.4, 0.5) is 0 Å². The normalized spacial score (nSPS) is 6.89. The predicted molar refractivity (Wildman–Crippen MR) is 22.2 cm³/mol. The van der Waals surface area contributed by atoms with Gasteiger partial charge >= 0.3 is 28.9 Å². The zero-order chi connectivity index (χ0) is 6.50. The van der Waals surface area contributed by atoms with Gasteiger partial charge in [0.1, 0.15) is 0 Å². The molecule has 0 amide bonds. The van der Waals surface area contributed by atoms with Crippen LogP contribution in [0.25, 0.3) is 0 Å². The van der Waals surface area contributed by atoms with E-state index < -0.39 is 7.82 Å². The Balaban J connectivity index is -0.0000000286. The van der Waals surface area contributed by atoms with Crippen molar-refractivity contribution in [3.63, 3.8) is 0 Å². The molecule has 0 heterocycles. The molecule has 7 nitrogen and oxygen atoms in total. The Morgan fingerprint density at radius 2 is 1.00 bits per heavy atom. The second-order valence-corrected chi connectivity index (χ2v) is 1.54. The quantitative estimate of drug-likeness (QED) is 0.363. The molecule has 0 saturated heterocycles. The van der Waals surface area contributed by atoms with Crippen LogP contribution in [0.1, 0.15) is 0 Å². The molecule has 0 aliphatic rings. The van der Waals surface area contributed by atoms with Gasteiger partial charge in [0.15, 0.2) is 0 Å². The average molecular weight is 201 g/mol. The second kappa shape index (κ2) is 11.2. The maximum atomic E-state index is 8.88. The van der Waals surface area contributed by atoms with E-state index in [4.69, 9.17) is 22.9 Å². The van der Waals surface area contributed by atoms with Gasteiger partial charge in [0, 0.05) is 0 Å². The van der Waals surface area contributed by atoms with Crippen LogP contribution < -0.4 is 0 Å². The van der Waals surface area contributed by atoms with Gasteiger partial charge in [-0.25, -0.2) is 4.57 Å². The van der Waals surface area contributed by atoms with E-state index in [0.29, 0.717) is 0 Å². The molecule has 0 aliphatic carbocycles. The van der Waals surface area contributed by atoms with Crippen LogP contribution in [0.5, 0.6) is 0 Å². The summed E-state index contributed by atoms with van der Waals surface area (Å²) in [5.41, 5.74) is 0. The van der Waals surface area contributed by atoms with E-state index in [1.165, 1.54) is 0 Å². The Labute approximate surface area is 59.8 Å². The molecule has 0 radical (unpaired) electrons. The fraction of sp³-hybridized carbons (Fsp3) is 0. The molecule has 0 aromatic rings. The summed E-state index contributed by atoms with van der Waals surface area (Å²) in [5.74, 6) is 0. The van der Waals surface area contributed by atoms with Gasteiger partial charge in [-0.3, -0.25) is 0 Å². The van der Waals surface area contributed by atoms with Crippen molar-refractivity contribution in [3.05, 3.63) is 0 Å². The van der Waals surface area contributed by atoms with Crippen LogP contribution in [0.2, 0.25) is 0 Å². The third-order valence-corrected chi connectivity index (χ3v) is 0. The minimum absolute atomic E-state index is 0. The van der Waals surface area contributed by atoms with Gasteiger partial charge in [-0.1, -0.05) is 0 Å². The Morgan fingerprint density at radius 1 is 1.00 bits per heavy atom. The van der Waals surface area contributed by atoms with E-state index in [-0.39, 0.29) is 11.0 Å².